The molecule has 106 valence electrons. The van der Waals surface area contributed by atoms with E-state index in [2.05, 4.69) is 5.32 Å². The van der Waals surface area contributed by atoms with Gasteiger partial charge in [-0.1, -0.05) is 13.0 Å². The van der Waals surface area contributed by atoms with Gasteiger partial charge >= 0.3 is 0 Å². The minimum atomic E-state index is -0.436. The van der Waals surface area contributed by atoms with Gasteiger partial charge in [0.15, 0.2) is 11.6 Å². The summed E-state index contributed by atoms with van der Waals surface area (Å²) in [4.78, 5) is 0. The summed E-state index contributed by atoms with van der Waals surface area (Å²) in [6, 6.07) is 8.87. The van der Waals surface area contributed by atoms with Crippen LogP contribution < -0.4 is 10.1 Å². The van der Waals surface area contributed by atoms with Gasteiger partial charge in [0, 0.05) is 12.1 Å². The predicted octanol–water partition coefficient (Wildman–Crippen LogP) is 4.18. The van der Waals surface area contributed by atoms with E-state index < -0.39 is 5.82 Å². The van der Waals surface area contributed by atoms with Gasteiger partial charge in [0.1, 0.15) is 11.6 Å². The molecule has 0 spiro atoms. The molecule has 0 amide bonds. The standard InChI is InChI=1S/C16H17F2NO/c1-3-19-10-12-9-13(17)5-7-15(12)20-16-8-11(2)4-6-14(16)18/h4-9,19H,3,10H2,1-2H3. The number of hydrogen-bond acceptors (Lipinski definition) is 2. The third-order valence-electron chi connectivity index (χ3n) is 2.89. The summed E-state index contributed by atoms with van der Waals surface area (Å²) in [5, 5.41) is 3.10. The third-order valence-corrected chi connectivity index (χ3v) is 2.89. The lowest BCUT2D eigenvalue weighted by Gasteiger charge is -2.12. The van der Waals surface area contributed by atoms with E-state index in [1.54, 1.807) is 12.1 Å². The highest BCUT2D eigenvalue weighted by Crippen LogP contribution is 2.28. The highest BCUT2D eigenvalue weighted by Gasteiger charge is 2.10. The monoisotopic (exact) mass is 277 g/mol. The van der Waals surface area contributed by atoms with Crippen LogP contribution in [0.2, 0.25) is 0 Å². The van der Waals surface area contributed by atoms with Crippen molar-refractivity contribution in [2.75, 3.05) is 6.54 Å². The topological polar surface area (TPSA) is 21.3 Å². The highest BCUT2D eigenvalue weighted by atomic mass is 19.1. The zero-order valence-electron chi connectivity index (χ0n) is 11.5. The summed E-state index contributed by atoms with van der Waals surface area (Å²) in [6.07, 6.45) is 0. The maximum absolute atomic E-state index is 13.7. The molecular weight excluding hydrogens is 260 g/mol. The van der Waals surface area contributed by atoms with Crippen LogP contribution in [0.5, 0.6) is 11.5 Å². The van der Waals surface area contributed by atoms with Crippen LogP contribution in [-0.4, -0.2) is 6.54 Å². The highest BCUT2D eigenvalue weighted by molar-refractivity contribution is 5.39. The molecule has 0 saturated heterocycles. The lowest BCUT2D eigenvalue weighted by atomic mass is 10.2. The summed E-state index contributed by atoms with van der Waals surface area (Å²) in [5.74, 6) is -0.171. The largest absolute Gasteiger partial charge is 0.454 e. The van der Waals surface area contributed by atoms with Crippen LogP contribution in [-0.2, 0) is 6.54 Å². The molecule has 2 rings (SSSR count). The van der Waals surface area contributed by atoms with E-state index in [4.69, 9.17) is 4.74 Å². The predicted molar refractivity (Wildman–Crippen MR) is 75.0 cm³/mol. The zero-order chi connectivity index (χ0) is 14.5. The number of halogens is 2. The number of hydrogen-bond donors (Lipinski definition) is 1. The van der Waals surface area contributed by atoms with Gasteiger partial charge < -0.3 is 10.1 Å². The number of aryl methyl sites for hydroxylation is 1. The van der Waals surface area contributed by atoms with Gasteiger partial charge in [0.25, 0.3) is 0 Å². The Kier molecular flexibility index (Phi) is 4.69. The molecule has 0 aromatic heterocycles. The van der Waals surface area contributed by atoms with Crippen molar-refractivity contribution in [1.29, 1.82) is 0 Å². The van der Waals surface area contributed by atoms with E-state index in [-0.39, 0.29) is 11.6 Å². The Morgan fingerprint density at radius 3 is 2.60 bits per heavy atom. The average molecular weight is 277 g/mol. The lowest BCUT2D eigenvalue weighted by molar-refractivity contribution is 0.434. The molecule has 0 aliphatic heterocycles. The summed E-state index contributed by atoms with van der Waals surface area (Å²) in [5.41, 5.74) is 1.56. The van der Waals surface area contributed by atoms with Crippen LogP contribution in [0.3, 0.4) is 0 Å². The van der Waals surface area contributed by atoms with Crippen LogP contribution in [0.15, 0.2) is 36.4 Å². The van der Waals surface area contributed by atoms with Gasteiger partial charge in [-0.05, 0) is 49.4 Å². The Balaban J connectivity index is 2.30. The van der Waals surface area contributed by atoms with Crippen LogP contribution in [0.1, 0.15) is 18.1 Å². The molecule has 0 aliphatic carbocycles. The first-order chi connectivity index (χ1) is 9.60. The molecule has 0 saturated carbocycles. The van der Waals surface area contributed by atoms with Gasteiger partial charge in [0.05, 0.1) is 0 Å². The number of nitrogens with one attached hydrogen (secondary N) is 1. The van der Waals surface area contributed by atoms with Gasteiger partial charge in [-0.25, -0.2) is 8.78 Å². The summed E-state index contributed by atoms with van der Waals surface area (Å²) < 4.78 is 32.6. The first-order valence-electron chi connectivity index (χ1n) is 6.53. The first-order valence-corrected chi connectivity index (χ1v) is 6.53. The smallest absolute Gasteiger partial charge is 0.165 e. The molecule has 4 heteroatoms. The number of ether oxygens (including phenoxy) is 1. The van der Waals surface area contributed by atoms with Gasteiger partial charge in [-0.15, -0.1) is 0 Å². The molecule has 0 unspecified atom stereocenters. The average Bonchev–Trinajstić information content (AvgIpc) is 2.43. The minimum absolute atomic E-state index is 0.148. The summed E-state index contributed by atoms with van der Waals surface area (Å²) in [7, 11) is 0. The van der Waals surface area contributed by atoms with E-state index in [0.29, 0.717) is 17.9 Å². The Bertz CT molecular complexity index is 599. The van der Waals surface area contributed by atoms with Crippen molar-refractivity contribution >= 4 is 0 Å². The first kappa shape index (κ1) is 14.5. The van der Waals surface area contributed by atoms with E-state index in [9.17, 15) is 8.78 Å². The van der Waals surface area contributed by atoms with E-state index in [0.717, 1.165) is 12.1 Å². The Hall–Kier alpha value is -1.94. The second kappa shape index (κ2) is 6.48. The molecule has 2 nitrogen and oxygen atoms in total. The Morgan fingerprint density at radius 1 is 1.05 bits per heavy atom. The molecule has 2 aromatic carbocycles. The fourth-order valence-corrected chi connectivity index (χ4v) is 1.85. The fourth-order valence-electron chi connectivity index (χ4n) is 1.85. The molecule has 2 aromatic rings. The molecule has 0 atom stereocenters. The molecule has 0 bridgehead atoms. The molecule has 0 aliphatic rings. The Labute approximate surface area is 117 Å². The molecule has 20 heavy (non-hydrogen) atoms. The molecular formula is C16H17F2NO. The quantitative estimate of drug-likeness (QED) is 0.885. The third kappa shape index (κ3) is 3.54. The minimum Gasteiger partial charge on any atom is -0.454 e. The number of benzene rings is 2. The van der Waals surface area contributed by atoms with Crippen molar-refractivity contribution in [3.05, 3.63) is 59.2 Å². The van der Waals surface area contributed by atoms with Crippen molar-refractivity contribution in [3.8, 4) is 11.5 Å². The molecule has 0 radical (unpaired) electrons. The molecule has 1 N–H and O–H groups in total. The van der Waals surface area contributed by atoms with Crippen LogP contribution in [0, 0.1) is 18.6 Å². The second-order valence-electron chi connectivity index (χ2n) is 4.57. The van der Waals surface area contributed by atoms with Crippen molar-refractivity contribution in [1.82, 2.24) is 5.32 Å². The molecule has 0 heterocycles. The second-order valence-corrected chi connectivity index (χ2v) is 4.57. The summed E-state index contributed by atoms with van der Waals surface area (Å²) >= 11 is 0. The van der Waals surface area contributed by atoms with Crippen molar-refractivity contribution in [2.24, 2.45) is 0 Å². The van der Waals surface area contributed by atoms with Gasteiger partial charge in [-0.3, -0.25) is 0 Å². The number of rotatable bonds is 5. The maximum atomic E-state index is 13.7. The van der Waals surface area contributed by atoms with Gasteiger partial charge in [0.2, 0.25) is 0 Å². The SMILES string of the molecule is CCNCc1cc(F)ccc1Oc1cc(C)ccc1F. The molecule has 0 fully saturated rings. The van der Waals surface area contributed by atoms with E-state index in [1.165, 1.54) is 24.3 Å². The van der Waals surface area contributed by atoms with Crippen molar-refractivity contribution in [3.63, 3.8) is 0 Å². The normalized spacial score (nSPS) is 10.6. The van der Waals surface area contributed by atoms with E-state index >= 15 is 0 Å². The maximum Gasteiger partial charge on any atom is 0.165 e. The van der Waals surface area contributed by atoms with Crippen LogP contribution in [0.25, 0.3) is 0 Å². The van der Waals surface area contributed by atoms with Gasteiger partial charge in [-0.2, -0.15) is 0 Å². The summed E-state index contributed by atoms with van der Waals surface area (Å²) in [6.45, 7) is 5.04. The van der Waals surface area contributed by atoms with Crippen molar-refractivity contribution < 1.29 is 13.5 Å². The van der Waals surface area contributed by atoms with Crippen LogP contribution in [0.4, 0.5) is 8.78 Å². The Morgan fingerprint density at radius 2 is 1.85 bits per heavy atom. The lowest BCUT2D eigenvalue weighted by Crippen LogP contribution is -2.12. The zero-order valence-corrected chi connectivity index (χ0v) is 11.5. The van der Waals surface area contributed by atoms with E-state index in [1.807, 2.05) is 13.8 Å². The fraction of sp³-hybridized carbons (Fsp3) is 0.250. The van der Waals surface area contributed by atoms with Crippen molar-refractivity contribution in [2.45, 2.75) is 20.4 Å². The van der Waals surface area contributed by atoms with Crippen LogP contribution >= 0.6 is 0 Å².